The van der Waals surface area contributed by atoms with E-state index in [1.807, 2.05) is 6.07 Å². The Morgan fingerprint density at radius 2 is 2.10 bits per heavy atom. The second-order valence-electron chi connectivity index (χ2n) is 4.63. The molecule has 0 aliphatic carbocycles. The quantitative estimate of drug-likeness (QED) is 0.937. The van der Waals surface area contributed by atoms with E-state index in [2.05, 4.69) is 6.07 Å². The van der Waals surface area contributed by atoms with Crippen LogP contribution >= 0.6 is 0 Å². The molecule has 0 bridgehead atoms. The third kappa shape index (κ3) is 3.37. The molecule has 21 heavy (non-hydrogen) atoms. The number of carboxylic acids is 1. The minimum Gasteiger partial charge on any atom is -0.478 e. The number of hydrogen-bond donors (Lipinski definition) is 1. The standard InChI is InChI=1S/C16H13FN2O2/c1-19(10-12-4-2-3-11(7-12)9-18)15-6-5-13(17)8-14(15)16(20)21/h2-8H,10H2,1H3,(H,20,21). The van der Waals surface area contributed by atoms with Crippen molar-refractivity contribution in [1.29, 1.82) is 5.26 Å². The topological polar surface area (TPSA) is 64.3 Å². The number of halogens is 1. The number of carbonyl (C=O) groups is 1. The SMILES string of the molecule is CN(Cc1cccc(C#N)c1)c1ccc(F)cc1C(=O)O. The van der Waals surface area contributed by atoms with Gasteiger partial charge in [-0.25, -0.2) is 9.18 Å². The number of aromatic carboxylic acids is 1. The highest BCUT2D eigenvalue weighted by Gasteiger charge is 2.15. The lowest BCUT2D eigenvalue weighted by Crippen LogP contribution is -2.19. The Labute approximate surface area is 121 Å². The number of anilines is 1. The van der Waals surface area contributed by atoms with Gasteiger partial charge in [0, 0.05) is 13.6 Å². The highest BCUT2D eigenvalue weighted by Crippen LogP contribution is 2.22. The zero-order chi connectivity index (χ0) is 15.4. The van der Waals surface area contributed by atoms with Crippen molar-refractivity contribution in [2.45, 2.75) is 6.54 Å². The predicted octanol–water partition coefficient (Wildman–Crippen LogP) is 3.03. The van der Waals surface area contributed by atoms with Gasteiger partial charge in [-0.15, -0.1) is 0 Å². The van der Waals surface area contributed by atoms with E-state index in [1.165, 1.54) is 12.1 Å². The molecule has 4 nitrogen and oxygen atoms in total. The maximum Gasteiger partial charge on any atom is 0.337 e. The molecule has 0 spiro atoms. The van der Waals surface area contributed by atoms with E-state index in [-0.39, 0.29) is 5.56 Å². The van der Waals surface area contributed by atoms with Gasteiger partial charge in [-0.2, -0.15) is 5.26 Å². The summed E-state index contributed by atoms with van der Waals surface area (Å²) in [7, 11) is 1.72. The molecule has 0 saturated heterocycles. The van der Waals surface area contributed by atoms with Gasteiger partial charge in [0.1, 0.15) is 5.82 Å². The average Bonchev–Trinajstić information content (AvgIpc) is 2.47. The molecule has 2 aromatic rings. The fraction of sp³-hybridized carbons (Fsp3) is 0.125. The molecule has 0 amide bonds. The molecule has 0 heterocycles. The smallest absolute Gasteiger partial charge is 0.337 e. The predicted molar refractivity (Wildman–Crippen MR) is 76.6 cm³/mol. The van der Waals surface area contributed by atoms with Crippen LogP contribution in [-0.2, 0) is 6.54 Å². The monoisotopic (exact) mass is 284 g/mol. The Morgan fingerprint density at radius 3 is 2.76 bits per heavy atom. The Morgan fingerprint density at radius 1 is 1.33 bits per heavy atom. The number of rotatable bonds is 4. The maximum atomic E-state index is 13.2. The summed E-state index contributed by atoms with van der Waals surface area (Å²) in [6, 6.07) is 12.8. The summed E-state index contributed by atoms with van der Waals surface area (Å²) in [4.78, 5) is 12.9. The van der Waals surface area contributed by atoms with Gasteiger partial charge >= 0.3 is 5.97 Å². The third-order valence-corrected chi connectivity index (χ3v) is 3.08. The molecule has 0 unspecified atom stereocenters. The van der Waals surface area contributed by atoms with Crippen LogP contribution < -0.4 is 4.90 Å². The summed E-state index contributed by atoms with van der Waals surface area (Å²) in [5.41, 5.74) is 1.75. The Kier molecular flexibility index (Phi) is 4.19. The molecular formula is C16H13FN2O2. The molecule has 2 aromatic carbocycles. The second kappa shape index (κ2) is 6.06. The molecule has 0 aromatic heterocycles. The van der Waals surface area contributed by atoms with E-state index in [0.717, 1.165) is 11.6 Å². The molecule has 0 radical (unpaired) electrons. The van der Waals surface area contributed by atoms with Gasteiger partial charge in [-0.1, -0.05) is 12.1 Å². The van der Waals surface area contributed by atoms with E-state index in [0.29, 0.717) is 17.8 Å². The van der Waals surface area contributed by atoms with Gasteiger partial charge in [0.05, 0.1) is 22.9 Å². The van der Waals surface area contributed by atoms with Crippen LogP contribution in [0.2, 0.25) is 0 Å². The summed E-state index contributed by atoms with van der Waals surface area (Å²) in [6.07, 6.45) is 0. The molecule has 0 aliphatic rings. The average molecular weight is 284 g/mol. The molecule has 1 N–H and O–H groups in total. The van der Waals surface area contributed by atoms with Crippen LogP contribution in [0.5, 0.6) is 0 Å². The molecule has 106 valence electrons. The maximum absolute atomic E-state index is 13.2. The van der Waals surface area contributed by atoms with Crippen LogP contribution in [0.25, 0.3) is 0 Å². The van der Waals surface area contributed by atoms with Crippen LogP contribution in [-0.4, -0.2) is 18.1 Å². The fourth-order valence-corrected chi connectivity index (χ4v) is 2.11. The minimum absolute atomic E-state index is 0.0889. The van der Waals surface area contributed by atoms with Gasteiger partial charge in [0.15, 0.2) is 0 Å². The molecule has 5 heteroatoms. The number of carboxylic acid groups (broad SMARTS) is 1. The van der Waals surface area contributed by atoms with Gasteiger partial charge in [0.25, 0.3) is 0 Å². The van der Waals surface area contributed by atoms with Crippen molar-refractivity contribution in [3.63, 3.8) is 0 Å². The highest BCUT2D eigenvalue weighted by atomic mass is 19.1. The van der Waals surface area contributed by atoms with E-state index in [9.17, 15) is 9.18 Å². The lowest BCUT2D eigenvalue weighted by molar-refractivity contribution is 0.0697. The van der Waals surface area contributed by atoms with Crippen molar-refractivity contribution < 1.29 is 14.3 Å². The highest BCUT2D eigenvalue weighted by molar-refractivity contribution is 5.94. The van der Waals surface area contributed by atoms with Crippen molar-refractivity contribution in [2.24, 2.45) is 0 Å². The van der Waals surface area contributed by atoms with Crippen molar-refractivity contribution in [3.05, 3.63) is 65.0 Å². The Bertz CT molecular complexity index is 722. The van der Waals surface area contributed by atoms with Gasteiger partial charge in [0.2, 0.25) is 0 Å². The summed E-state index contributed by atoms with van der Waals surface area (Å²) in [5.74, 6) is -1.77. The first-order valence-corrected chi connectivity index (χ1v) is 6.24. The summed E-state index contributed by atoms with van der Waals surface area (Å²) >= 11 is 0. The summed E-state index contributed by atoms with van der Waals surface area (Å²) < 4.78 is 13.2. The summed E-state index contributed by atoms with van der Waals surface area (Å²) in [5, 5.41) is 18.0. The summed E-state index contributed by atoms with van der Waals surface area (Å²) in [6.45, 7) is 0.418. The van der Waals surface area contributed by atoms with Crippen molar-refractivity contribution >= 4 is 11.7 Å². The Hall–Kier alpha value is -2.87. The molecular weight excluding hydrogens is 271 g/mol. The van der Waals surface area contributed by atoms with Crippen LogP contribution in [0.15, 0.2) is 42.5 Å². The largest absolute Gasteiger partial charge is 0.478 e. The minimum atomic E-state index is -1.18. The van der Waals surface area contributed by atoms with Gasteiger partial charge in [-0.3, -0.25) is 0 Å². The van der Waals surface area contributed by atoms with E-state index < -0.39 is 11.8 Å². The number of benzene rings is 2. The van der Waals surface area contributed by atoms with Crippen LogP contribution in [0.4, 0.5) is 10.1 Å². The number of nitrogens with zero attached hydrogens (tertiary/aromatic N) is 2. The zero-order valence-electron chi connectivity index (χ0n) is 11.4. The second-order valence-corrected chi connectivity index (χ2v) is 4.63. The van der Waals surface area contributed by atoms with Crippen LogP contribution in [0.3, 0.4) is 0 Å². The first-order chi connectivity index (χ1) is 10.0. The molecule has 0 fully saturated rings. The third-order valence-electron chi connectivity index (χ3n) is 3.08. The van der Waals surface area contributed by atoms with E-state index in [1.54, 1.807) is 30.1 Å². The Balaban J connectivity index is 2.30. The van der Waals surface area contributed by atoms with Crippen molar-refractivity contribution in [1.82, 2.24) is 0 Å². The van der Waals surface area contributed by atoms with Gasteiger partial charge < -0.3 is 10.0 Å². The number of nitriles is 1. The first-order valence-electron chi connectivity index (χ1n) is 6.24. The van der Waals surface area contributed by atoms with Crippen LogP contribution in [0.1, 0.15) is 21.5 Å². The molecule has 0 atom stereocenters. The zero-order valence-corrected chi connectivity index (χ0v) is 11.4. The normalized spacial score (nSPS) is 9.95. The van der Waals surface area contributed by atoms with E-state index >= 15 is 0 Å². The van der Waals surface area contributed by atoms with Crippen molar-refractivity contribution in [3.8, 4) is 6.07 Å². The molecule has 0 aliphatic heterocycles. The first kappa shape index (κ1) is 14.5. The molecule has 0 saturated carbocycles. The lowest BCUT2D eigenvalue weighted by atomic mass is 10.1. The lowest BCUT2D eigenvalue weighted by Gasteiger charge is -2.21. The van der Waals surface area contributed by atoms with E-state index in [4.69, 9.17) is 10.4 Å². The van der Waals surface area contributed by atoms with Crippen molar-refractivity contribution in [2.75, 3.05) is 11.9 Å². The fourth-order valence-electron chi connectivity index (χ4n) is 2.11. The van der Waals surface area contributed by atoms with Crippen LogP contribution in [0, 0.1) is 17.1 Å². The van der Waals surface area contributed by atoms with Gasteiger partial charge in [-0.05, 0) is 35.9 Å². The molecule has 2 rings (SSSR count). The number of hydrogen-bond acceptors (Lipinski definition) is 3.